The van der Waals surface area contributed by atoms with Crippen LogP contribution < -0.4 is 5.32 Å². The third kappa shape index (κ3) is 4.41. The molecule has 2 aromatic rings. The number of carbonyl (C=O) groups is 1. The SMILES string of the molecule is O=C(Nc1ccc(O)cc1)OCc1ccc(C(F)(F)F)cc1. The molecular weight excluding hydrogens is 299 g/mol. The number of phenolic OH excluding ortho intramolecular Hbond substituents is 1. The molecule has 0 spiro atoms. The van der Waals surface area contributed by atoms with Gasteiger partial charge < -0.3 is 9.84 Å². The smallest absolute Gasteiger partial charge is 0.416 e. The zero-order valence-electron chi connectivity index (χ0n) is 11.2. The molecular formula is C15H12F3NO3. The lowest BCUT2D eigenvalue weighted by Gasteiger charge is -2.09. The molecule has 22 heavy (non-hydrogen) atoms. The lowest BCUT2D eigenvalue weighted by atomic mass is 10.1. The first kappa shape index (κ1) is 15.7. The van der Waals surface area contributed by atoms with E-state index in [0.717, 1.165) is 12.1 Å². The fourth-order valence-electron chi connectivity index (χ4n) is 1.64. The van der Waals surface area contributed by atoms with Gasteiger partial charge >= 0.3 is 12.3 Å². The first-order valence-electron chi connectivity index (χ1n) is 6.23. The fraction of sp³-hybridized carbons (Fsp3) is 0.133. The highest BCUT2D eigenvalue weighted by atomic mass is 19.4. The summed E-state index contributed by atoms with van der Waals surface area (Å²) in [5.74, 6) is 0.0590. The predicted octanol–water partition coefficient (Wildman–Crippen LogP) is 4.16. The van der Waals surface area contributed by atoms with Crippen molar-refractivity contribution in [3.63, 3.8) is 0 Å². The summed E-state index contributed by atoms with van der Waals surface area (Å²) in [7, 11) is 0. The van der Waals surface area contributed by atoms with Crippen molar-refractivity contribution in [3.05, 3.63) is 59.7 Å². The first-order chi connectivity index (χ1) is 10.3. The van der Waals surface area contributed by atoms with Crippen LogP contribution in [0.15, 0.2) is 48.5 Å². The second-order valence-electron chi connectivity index (χ2n) is 4.44. The van der Waals surface area contributed by atoms with Crippen molar-refractivity contribution in [2.75, 3.05) is 5.32 Å². The molecule has 0 heterocycles. The maximum atomic E-state index is 12.4. The minimum atomic E-state index is -4.39. The van der Waals surface area contributed by atoms with Crippen molar-refractivity contribution in [1.29, 1.82) is 0 Å². The molecule has 0 aliphatic heterocycles. The molecule has 0 unspecified atom stereocenters. The number of halogens is 3. The molecule has 0 saturated carbocycles. The van der Waals surface area contributed by atoms with Crippen LogP contribution in [0.2, 0.25) is 0 Å². The highest BCUT2D eigenvalue weighted by Gasteiger charge is 2.29. The van der Waals surface area contributed by atoms with Crippen LogP contribution in [0.5, 0.6) is 5.75 Å². The van der Waals surface area contributed by atoms with Gasteiger partial charge in [0.05, 0.1) is 5.56 Å². The van der Waals surface area contributed by atoms with Crippen LogP contribution >= 0.6 is 0 Å². The van der Waals surface area contributed by atoms with Gasteiger partial charge in [-0.3, -0.25) is 5.32 Å². The van der Waals surface area contributed by atoms with E-state index in [1.165, 1.54) is 36.4 Å². The fourth-order valence-corrected chi connectivity index (χ4v) is 1.64. The molecule has 0 fully saturated rings. The number of nitrogens with one attached hydrogen (secondary N) is 1. The Bertz CT molecular complexity index is 637. The molecule has 1 amide bonds. The Morgan fingerprint density at radius 1 is 1.05 bits per heavy atom. The number of ether oxygens (including phenoxy) is 1. The summed E-state index contributed by atoms with van der Waals surface area (Å²) in [4.78, 5) is 11.5. The summed E-state index contributed by atoms with van der Waals surface area (Å²) < 4.78 is 42.1. The second kappa shape index (κ2) is 6.38. The summed E-state index contributed by atoms with van der Waals surface area (Å²) in [6.45, 7) is -0.151. The monoisotopic (exact) mass is 311 g/mol. The number of hydrogen-bond acceptors (Lipinski definition) is 3. The van der Waals surface area contributed by atoms with Gasteiger partial charge in [-0.2, -0.15) is 13.2 Å². The van der Waals surface area contributed by atoms with E-state index >= 15 is 0 Å². The van der Waals surface area contributed by atoms with E-state index in [1.807, 2.05) is 0 Å². The summed E-state index contributed by atoms with van der Waals surface area (Å²) in [5, 5.41) is 11.5. The molecule has 4 nitrogen and oxygen atoms in total. The Labute approximate surface area is 124 Å². The van der Waals surface area contributed by atoms with Gasteiger partial charge in [-0.1, -0.05) is 12.1 Å². The van der Waals surface area contributed by atoms with Crippen molar-refractivity contribution in [2.45, 2.75) is 12.8 Å². The van der Waals surface area contributed by atoms with Crippen LogP contribution in [-0.2, 0) is 17.5 Å². The lowest BCUT2D eigenvalue weighted by Crippen LogP contribution is -2.13. The molecule has 0 saturated heterocycles. The largest absolute Gasteiger partial charge is 0.508 e. The number of hydrogen-bond donors (Lipinski definition) is 2. The average molecular weight is 311 g/mol. The Hall–Kier alpha value is -2.70. The number of amides is 1. The molecule has 0 aliphatic rings. The third-order valence-electron chi connectivity index (χ3n) is 2.76. The van der Waals surface area contributed by atoms with E-state index in [1.54, 1.807) is 0 Å². The van der Waals surface area contributed by atoms with Gasteiger partial charge in [0.1, 0.15) is 12.4 Å². The summed E-state index contributed by atoms with van der Waals surface area (Å²) in [6.07, 6.45) is -5.14. The lowest BCUT2D eigenvalue weighted by molar-refractivity contribution is -0.137. The van der Waals surface area contributed by atoms with Gasteiger partial charge in [0, 0.05) is 5.69 Å². The molecule has 0 aliphatic carbocycles. The van der Waals surface area contributed by atoms with Crippen molar-refractivity contribution in [2.24, 2.45) is 0 Å². The van der Waals surface area contributed by atoms with Crippen LogP contribution in [0.4, 0.5) is 23.7 Å². The zero-order chi connectivity index (χ0) is 16.2. The van der Waals surface area contributed by atoms with Gasteiger partial charge in [-0.05, 0) is 42.0 Å². The Kier molecular flexibility index (Phi) is 4.55. The Morgan fingerprint density at radius 2 is 1.64 bits per heavy atom. The molecule has 0 radical (unpaired) electrons. The van der Waals surface area contributed by atoms with Crippen molar-refractivity contribution >= 4 is 11.8 Å². The molecule has 116 valence electrons. The number of rotatable bonds is 3. The van der Waals surface area contributed by atoms with Crippen LogP contribution in [0.1, 0.15) is 11.1 Å². The average Bonchev–Trinajstić information content (AvgIpc) is 2.47. The van der Waals surface area contributed by atoms with Crippen LogP contribution in [0.3, 0.4) is 0 Å². The van der Waals surface area contributed by atoms with E-state index in [2.05, 4.69) is 5.32 Å². The van der Waals surface area contributed by atoms with E-state index in [0.29, 0.717) is 11.3 Å². The van der Waals surface area contributed by atoms with Gasteiger partial charge in [0.25, 0.3) is 0 Å². The molecule has 0 aromatic heterocycles. The Balaban J connectivity index is 1.87. The predicted molar refractivity (Wildman–Crippen MR) is 73.4 cm³/mol. The normalized spacial score (nSPS) is 11.0. The number of alkyl halides is 3. The highest BCUT2D eigenvalue weighted by Crippen LogP contribution is 2.29. The standard InChI is InChI=1S/C15H12F3NO3/c16-15(17,18)11-3-1-10(2-4-11)9-22-14(21)19-12-5-7-13(20)8-6-12/h1-8,20H,9H2,(H,19,21). The highest BCUT2D eigenvalue weighted by molar-refractivity contribution is 5.84. The topological polar surface area (TPSA) is 58.6 Å². The van der Waals surface area contributed by atoms with Gasteiger partial charge in [0.2, 0.25) is 0 Å². The molecule has 7 heteroatoms. The maximum absolute atomic E-state index is 12.4. The van der Waals surface area contributed by atoms with Crippen LogP contribution in [0.25, 0.3) is 0 Å². The van der Waals surface area contributed by atoms with Gasteiger partial charge in [-0.15, -0.1) is 0 Å². The first-order valence-corrected chi connectivity index (χ1v) is 6.23. The zero-order valence-corrected chi connectivity index (χ0v) is 11.2. The maximum Gasteiger partial charge on any atom is 0.416 e. The minimum absolute atomic E-state index is 0.0590. The van der Waals surface area contributed by atoms with Gasteiger partial charge in [0.15, 0.2) is 0 Å². The number of anilines is 1. The second-order valence-corrected chi connectivity index (χ2v) is 4.44. The van der Waals surface area contributed by atoms with Crippen molar-refractivity contribution in [1.82, 2.24) is 0 Å². The Morgan fingerprint density at radius 3 is 2.18 bits per heavy atom. The van der Waals surface area contributed by atoms with E-state index in [-0.39, 0.29) is 12.4 Å². The molecule has 2 aromatic carbocycles. The number of phenols is 1. The number of benzene rings is 2. The number of carbonyl (C=O) groups excluding carboxylic acids is 1. The summed E-state index contributed by atoms with van der Waals surface area (Å²) in [5.41, 5.74) is 0.105. The molecule has 0 bridgehead atoms. The van der Waals surface area contributed by atoms with Gasteiger partial charge in [-0.25, -0.2) is 4.79 Å². The van der Waals surface area contributed by atoms with E-state index in [4.69, 9.17) is 9.84 Å². The van der Waals surface area contributed by atoms with E-state index < -0.39 is 17.8 Å². The quantitative estimate of drug-likeness (QED) is 0.837. The van der Waals surface area contributed by atoms with Crippen molar-refractivity contribution in [3.8, 4) is 5.75 Å². The van der Waals surface area contributed by atoms with Crippen LogP contribution in [-0.4, -0.2) is 11.2 Å². The molecule has 2 rings (SSSR count). The number of aromatic hydroxyl groups is 1. The summed E-state index contributed by atoms with van der Waals surface area (Å²) in [6, 6.07) is 10.1. The van der Waals surface area contributed by atoms with E-state index in [9.17, 15) is 18.0 Å². The molecule has 2 N–H and O–H groups in total. The summed E-state index contributed by atoms with van der Waals surface area (Å²) >= 11 is 0. The minimum Gasteiger partial charge on any atom is -0.508 e. The molecule has 0 atom stereocenters. The van der Waals surface area contributed by atoms with Crippen molar-refractivity contribution < 1.29 is 27.8 Å². The van der Waals surface area contributed by atoms with Crippen LogP contribution in [0, 0.1) is 0 Å². The third-order valence-corrected chi connectivity index (χ3v) is 2.76.